The number of Topliss-reactive ketones (excluding diaryl/α,β-unsaturated/α-hetero) is 2. The lowest BCUT2D eigenvalue weighted by molar-refractivity contribution is -0.295. The lowest BCUT2D eigenvalue weighted by Crippen LogP contribution is -2.61. The number of ether oxygens (including phenoxy) is 5. The molecule has 330 valence electrons. The molecule has 2 aromatic heterocycles. The standard InChI is InChI=1S/C42H58F2N6O10/c1-12-31-42(8)34(50(39(55)60-42)18-14-13-17-49-22-29(46-47-49)28-20-27(43)15-16-45-28)25(4)32(51)23(2)21-40(6,56-11)36(26(5)35(53)41(7,44)38(54)58-31)59-37-33(52)30(48(9)10)19-24(3)57-37/h15-16,20,22-26,30-31,33-34,36-37,52H,12,17-19,21H2,1-11H3/t23-,24?,25+,26+,30?,31-,33?,34-,36-,37+,40-,41+,42-/m1/s1. The third-order valence-corrected chi connectivity index (χ3v) is 12.3. The molecule has 13 atom stereocenters. The summed E-state index contributed by atoms with van der Waals surface area (Å²) in [6.45, 7) is 11.9. The van der Waals surface area contributed by atoms with Gasteiger partial charge in [0.1, 0.15) is 36.0 Å². The third-order valence-electron chi connectivity index (χ3n) is 12.3. The smallest absolute Gasteiger partial charge is 0.411 e. The summed E-state index contributed by atoms with van der Waals surface area (Å²) in [5.74, 6) is -0.810. The highest BCUT2D eigenvalue weighted by molar-refractivity contribution is 6.08. The summed E-state index contributed by atoms with van der Waals surface area (Å²) in [5, 5.41) is 19.4. The van der Waals surface area contributed by atoms with E-state index in [4.69, 9.17) is 23.7 Å². The van der Waals surface area contributed by atoms with Gasteiger partial charge < -0.3 is 33.7 Å². The lowest BCUT2D eigenvalue weighted by atomic mass is 9.73. The molecule has 18 heteroatoms. The molecule has 3 aliphatic heterocycles. The van der Waals surface area contributed by atoms with E-state index in [-0.39, 0.29) is 49.6 Å². The Kier molecular flexibility index (Phi) is 14.2. The molecule has 3 saturated heterocycles. The van der Waals surface area contributed by atoms with E-state index in [1.54, 1.807) is 41.8 Å². The maximum absolute atomic E-state index is 16.9. The molecule has 0 spiro atoms. The topological polar surface area (TPSA) is 185 Å². The number of fused-ring (bicyclic) bond motifs is 1. The number of alkyl halides is 1. The number of carbonyl (C=O) groups excluding carboxylic acids is 4. The van der Waals surface area contributed by atoms with Gasteiger partial charge in [0.2, 0.25) is 0 Å². The number of rotatable bonds is 8. The van der Waals surface area contributed by atoms with Gasteiger partial charge in [-0.25, -0.2) is 23.1 Å². The second kappa shape index (κ2) is 18.3. The molecule has 3 aliphatic rings. The molecular weight excluding hydrogens is 786 g/mol. The summed E-state index contributed by atoms with van der Waals surface area (Å²) in [4.78, 5) is 63.7. The first-order chi connectivity index (χ1) is 28.1. The van der Waals surface area contributed by atoms with Crippen LogP contribution in [-0.4, -0.2) is 146 Å². The summed E-state index contributed by atoms with van der Waals surface area (Å²) in [6, 6.07) is 0.967. The Labute approximate surface area is 349 Å². The number of ketones is 2. The van der Waals surface area contributed by atoms with Crippen molar-refractivity contribution in [3.63, 3.8) is 0 Å². The summed E-state index contributed by atoms with van der Waals surface area (Å²) in [7, 11) is 4.98. The number of pyridine rings is 1. The number of carbonyl (C=O) groups is 4. The molecule has 3 fully saturated rings. The molecule has 5 heterocycles. The highest BCUT2D eigenvalue weighted by Crippen LogP contribution is 2.43. The van der Waals surface area contributed by atoms with E-state index in [0.29, 0.717) is 12.1 Å². The van der Waals surface area contributed by atoms with Gasteiger partial charge in [0.25, 0.3) is 5.67 Å². The van der Waals surface area contributed by atoms with Crippen molar-refractivity contribution in [3.8, 4) is 23.2 Å². The highest BCUT2D eigenvalue weighted by atomic mass is 19.1. The Morgan fingerprint density at radius 2 is 1.73 bits per heavy atom. The van der Waals surface area contributed by atoms with Gasteiger partial charge in [-0.05, 0) is 67.1 Å². The van der Waals surface area contributed by atoms with Crippen LogP contribution < -0.4 is 0 Å². The maximum Gasteiger partial charge on any atom is 0.411 e. The number of amides is 1. The summed E-state index contributed by atoms with van der Waals surface area (Å²) in [6.07, 6.45) is -3.03. The van der Waals surface area contributed by atoms with E-state index in [2.05, 4.69) is 27.1 Å². The molecular formula is C42H58F2N6O10. The Morgan fingerprint density at radius 3 is 2.37 bits per heavy atom. The number of aromatic nitrogens is 4. The Hall–Kier alpha value is -4.41. The average Bonchev–Trinajstić information content (AvgIpc) is 3.78. The van der Waals surface area contributed by atoms with Crippen LogP contribution in [0.2, 0.25) is 0 Å². The first kappa shape index (κ1) is 46.7. The molecule has 0 aromatic carbocycles. The van der Waals surface area contributed by atoms with Gasteiger partial charge in [-0.1, -0.05) is 44.7 Å². The van der Waals surface area contributed by atoms with Crippen LogP contribution >= 0.6 is 0 Å². The summed E-state index contributed by atoms with van der Waals surface area (Å²) in [5.41, 5.74) is -5.81. The van der Waals surface area contributed by atoms with Crippen molar-refractivity contribution in [1.82, 2.24) is 29.8 Å². The fraction of sp³-hybridized carbons (Fsp3) is 0.690. The second-order valence-electron chi connectivity index (χ2n) is 17.0. The normalized spacial score (nSPS) is 36.9. The van der Waals surface area contributed by atoms with Crippen molar-refractivity contribution < 1.29 is 56.7 Å². The molecule has 16 nitrogen and oxygen atoms in total. The number of halogens is 2. The molecule has 5 rings (SSSR count). The van der Waals surface area contributed by atoms with E-state index in [0.717, 1.165) is 6.92 Å². The second-order valence-corrected chi connectivity index (χ2v) is 17.0. The van der Waals surface area contributed by atoms with E-state index in [1.807, 2.05) is 11.8 Å². The van der Waals surface area contributed by atoms with Gasteiger partial charge in [-0.3, -0.25) is 19.5 Å². The Bertz CT molecular complexity index is 1970. The molecule has 60 heavy (non-hydrogen) atoms. The van der Waals surface area contributed by atoms with Crippen LogP contribution in [0.3, 0.4) is 0 Å². The van der Waals surface area contributed by atoms with Crippen LogP contribution in [0.4, 0.5) is 13.6 Å². The number of esters is 1. The SMILES string of the molecule is CC[C@H]1OC(=O)[C@@](C)(F)C(=O)[C@H](C)[C@@H](O[C@@H]2OC(C)CC(N(C)C)C2O)[C@](C)(OC)C[C@@H](C)C(=O)[C@H](C)[C@H]2N(CC#CCn3cc(-c4cc(F)ccn4)nn3)C(=O)O[C@]12C. The van der Waals surface area contributed by atoms with Crippen LogP contribution in [0.5, 0.6) is 0 Å². The summed E-state index contributed by atoms with van der Waals surface area (Å²) < 4.78 is 62.3. The zero-order chi connectivity index (χ0) is 44.5. The minimum atomic E-state index is -3.22. The van der Waals surface area contributed by atoms with E-state index in [1.165, 1.54) is 55.1 Å². The number of aliphatic hydroxyl groups excluding tert-OH is 1. The van der Waals surface area contributed by atoms with Crippen molar-refractivity contribution in [2.45, 2.75) is 141 Å². The number of hydrogen-bond donors (Lipinski definition) is 1. The predicted octanol–water partition coefficient (Wildman–Crippen LogP) is 3.78. The van der Waals surface area contributed by atoms with Crippen molar-refractivity contribution in [3.05, 3.63) is 30.3 Å². The monoisotopic (exact) mass is 844 g/mol. The van der Waals surface area contributed by atoms with Gasteiger partial charge >= 0.3 is 12.1 Å². The van der Waals surface area contributed by atoms with Gasteiger partial charge in [0, 0.05) is 43.2 Å². The number of likely N-dealkylation sites (N-methyl/N-ethyl adjacent to an activating group) is 1. The Morgan fingerprint density at radius 1 is 1.05 bits per heavy atom. The number of methoxy groups -OCH3 is 1. The van der Waals surface area contributed by atoms with Crippen molar-refractivity contribution in [2.24, 2.45) is 17.8 Å². The van der Waals surface area contributed by atoms with Crippen LogP contribution in [0, 0.1) is 35.4 Å². The van der Waals surface area contributed by atoms with E-state index >= 15 is 4.39 Å². The fourth-order valence-corrected chi connectivity index (χ4v) is 8.96. The average molecular weight is 845 g/mol. The van der Waals surface area contributed by atoms with Gasteiger partial charge in [-0.2, -0.15) is 0 Å². The van der Waals surface area contributed by atoms with Crippen LogP contribution in [0.1, 0.15) is 74.7 Å². The van der Waals surface area contributed by atoms with Crippen LogP contribution in [0.25, 0.3) is 11.4 Å². The summed E-state index contributed by atoms with van der Waals surface area (Å²) >= 11 is 0. The first-order valence-electron chi connectivity index (χ1n) is 20.2. The number of aliphatic hydroxyl groups is 1. The van der Waals surface area contributed by atoms with Crippen LogP contribution in [0.15, 0.2) is 24.5 Å². The minimum Gasteiger partial charge on any atom is -0.455 e. The zero-order valence-electron chi connectivity index (χ0n) is 36.2. The molecule has 3 unspecified atom stereocenters. The van der Waals surface area contributed by atoms with Crippen molar-refractivity contribution in [1.29, 1.82) is 0 Å². The lowest BCUT2D eigenvalue weighted by Gasteiger charge is -2.47. The predicted molar refractivity (Wildman–Crippen MR) is 211 cm³/mol. The molecule has 1 N–H and O–H groups in total. The molecule has 0 radical (unpaired) electrons. The molecule has 1 amide bonds. The zero-order valence-corrected chi connectivity index (χ0v) is 36.2. The minimum absolute atomic E-state index is 0.0201. The quantitative estimate of drug-likeness (QED) is 0.230. The number of nitrogens with zero attached hydrogens (tertiary/aromatic N) is 6. The highest BCUT2D eigenvalue weighted by Gasteiger charge is 2.61. The van der Waals surface area contributed by atoms with Crippen LogP contribution in [-0.2, 0) is 44.6 Å². The number of cyclic esters (lactones) is 1. The van der Waals surface area contributed by atoms with Crippen molar-refractivity contribution in [2.75, 3.05) is 27.7 Å². The Balaban J connectivity index is 1.49. The van der Waals surface area contributed by atoms with E-state index in [9.17, 15) is 28.7 Å². The largest absolute Gasteiger partial charge is 0.455 e. The first-order valence-corrected chi connectivity index (χ1v) is 20.2. The molecule has 2 aromatic rings. The fourth-order valence-electron chi connectivity index (χ4n) is 8.96. The third kappa shape index (κ3) is 9.25. The van der Waals surface area contributed by atoms with E-state index < -0.39 is 88.9 Å². The maximum atomic E-state index is 16.9. The molecule has 0 aliphatic carbocycles. The van der Waals surface area contributed by atoms with Gasteiger partial charge in [0.05, 0.1) is 42.3 Å². The van der Waals surface area contributed by atoms with Gasteiger partial charge in [-0.15, -0.1) is 5.10 Å². The van der Waals surface area contributed by atoms with Crippen molar-refractivity contribution >= 4 is 23.6 Å². The number of hydrogen-bond acceptors (Lipinski definition) is 14. The van der Waals surface area contributed by atoms with Gasteiger partial charge in [0.15, 0.2) is 17.7 Å². The molecule has 0 saturated carbocycles. The molecule has 0 bridgehead atoms.